The fraction of sp³-hybridized carbons (Fsp3) is 0.381. The molecule has 0 atom stereocenters. The second-order valence-corrected chi connectivity index (χ2v) is 6.51. The molecule has 138 valence electrons. The predicted molar refractivity (Wildman–Crippen MR) is 103 cm³/mol. The van der Waals surface area contributed by atoms with Gasteiger partial charge in [-0.05, 0) is 30.2 Å². The molecular formula is C21H26N2O3. The Morgan fingerprint density at radius 3 is 2.38 bits per heavy atom. The number of benzene rings is 2. The standard InChI is InChI=1S/C21H26N2O3/c1-16-6-4-5-7-17(16)14-21(24)23-12-10-22(11-13-23)19-9-8-18(25-2)15-20(19)26-3/h4-9,15H,10-14H2,1-3H3. The Kier molecular flexibility index (Phi) is 5.66. The van der Waals surface area contributed by atoms with Crippen LogP contribution in [0.3, 0.4) is 0 Å². The van der Waals surface area contributed by atoms with Gasteiger partial charge in [0, 0.05) is 32.2 Å². The fourth-order valence-electron chi connectivity index (χ4n) is 3.33. The summed E-state index contributed by atoms with van der Waals surface area (Å²) in [5.41, 5.74) is 3.32. The molecule has 1 fully saturated rings. The van der Waals surface area contributed by atoms with Crippen LogP contribution in [-0.4, -0.2) is 51.2 Å². The summed E-state index contributed by atoms with van der Waals surface area (Å²) in [6.45, 7) is 5.08. The summed E-state index contributed by atoms with van der Waals surface area (Å²) in [6.07, 6.45) is 0.471. The fourth-order valence-corrected chi connectivity index (χ4v) is 3.33. The molecule has 3 rings (SSSR count). The average Bonchev–Trinajstić information content (AvgIpc) is 2.69. The molecule has 0 spiro atoms. The highest BCUT2D eigenvalue weighted by Crippen LogP contribution is 2.32. The molecule has 1 heterocycles. The van der Waals surface area contributed by atoms with E-state index >= 15 is 0 Å². The van der Waals surface area contributed by atoms with Gasteiger partial charge in [0.05, 0.1) is 26.3 Å². The van der Waals surface area contributed by atoms with Crippen LogP contribution < -0.4 is 14.4 Å². The number of rotatable bonds is 5. The molecule has 1 aliphatic rings. The molecular weight excluding hydrogens is 328 g/mol. The van der Waals surface area contributed by atoms with Crippen molar-refractivity contribution >= 4 is 11.6 Å². The molecule has 5 heteroatoms. The van der Waals surface area contributed by atoms with Gasteiger partial charge in [-0.2, -0.15) is 0 Å². The summed E-state index contributed by atoms with van der Waals surface area (Å²) in [4.78, 5) is 16.9. The molecule has 2 aromatic carbocycles. The van der Waals surface area contributed by atoms with E-state index in [0.717, 1.165) is 48.9 Å². The van der Waals surface area contributed by atoms with Crippen LogP contribution in [0.4, 0.5) is 5.69 Å². The third-order valence-corrected chi connectivity index (χ3v) is 4.96. The zero-order valence-corrected chi connectivity index (χ0v) is 15.7. The van der Waals surface area contributed by atoms with E-state index in [1.54, 1.807) is 14.2 Å². The minimum absolute atomic E-state index is 0.195. The Bertz CT molecular complexity index is 768. The first-order valence-corrected chi connectivity index (χ1v) is 8.91. The molecule has 0 unspecified atom stereocenters. The van der Waals surface area contributed by atoms with Gasteiger partial charge in [0.2, 0.25) is 5.91 Å². The summed E-state index contributed by atoms with van der Waals surface area (Å²) in [5.74, 6) is 1.77. The van der Waals surface area contributed by atoms with Gasteiger partial charge in [0.15, 0.2) is 0 Å². The maximum absolute atomic E-state index is 12.6. The second kappa shape index (κ2) is 8.13. The molecule has 0 radical (unpaired) electrons. The van der Waals surface area contributed by atoms with E-state index in [2.05, 4.69) is 17.9 Å². The van der Waals surface area contributed by atoms with Crippen molar-refractivity contribution in [3.05, 3.63) is 53.6 Å². The maximum atomic E-state index is 12.6. The van der Waals surface area contributed by atoms with E-state index in [1.165, 1.54) is 5.56 Å². The number of piperazine rings is 1. The van der Waals surface area contributed by atoms with Crippen molar-refractivity contribution in [3.63, 3.8) is 0 Å². The van der Waals surface area contributed by atoms with E-state index in [1.807, 2.05) is 41.3 Å². The zero-order chi connectivity index (χ0) is 18.5. The SMILES string of the molecule is COc1ccc(N2CCN(C(=O)Cc3ccccc3C)CC2)c(OC)c1. The summed E-state index contributed by atoms with van der Waals surface area (Å²) >= 11 is 0. The number of carbonyl (C=O) groups excluding carboxylic acids is 1. The molecule has 0 aromatic heterocycles. The molecule has 0 aliphatic carbocycles. The topological polar surface area (TPSA) is 42.0 Å². The van der Waals surface area contributed by atoms with Crippen molar-refractivity contribution in [2.45, 2.75) is 13.3 Å². The lowest BCUT2D eigenvalue weighted by molar-refractivity contribution is -0.130. The normalized spacial score (nSPS) is 14.3. The number of anilines is 1. The molecule has 0 bridgehead atoms. The van der Waals surface area contributed by atoms with Crippen LogP contribution in [0, 0.1) is 6.92 Å². The van der Waals surface area contributed by atoms with E-state index in [-0.39, 0.29) is 5.91 Å². The maximum Gasteiger partial charge on any atom is 0.227 e. The number of hydrogen-bond donors (Lipinski definition) is 0. The third kappa shape index (κ3) is 3.93. The number of amides is 1. The van der Waals surface area contributed by atoms with Gasteiger partial charge in [-0.3, -0.25) is 4.79 Å². The van der Waals surface area contributed by atoms with Crippen LogP contribution in [0.15, 0.2) is 42.5 Å². The van der Waals surface area contributed by atoms with Crippen LogP contribution in [-0.2, 0) is 11.2 Å². The van der Waals surface area contributed by atoms with Crippen LogP contribution in [0.2, 0.25) is 0 Å². The first-order valence-electron chi connectivity index (χ1n) is 8.91. The Balaban J connectivity index is 1.62. The zero-order valence-electron chi connectivity index (χ0n) is 15.7. The molecule has 5 nitrogen and oxygen atoms in total. The average molecular weight is 354 g/mol. The van der Waals surface area contributed by atoms with Crippen molar-refractivity contribution in [3.8, 4) is 11.5 Å². The van der Waals surface area contributed by atoms with Gasteiger partial charge >= 0.3 is 0 Å². The van der Waals surface area contributed by atoms with E-state index in [9.17, 15) is 4.79 Å². The molecule has 0 saturated carbocycles. The molecule has 26 heavy (non-hydrogen) atoms. The second-order valence-electron chi connectivity index (χ2n) is 6.51. The predicted octanol–water partition coefficient (Wildman–Crippen LogP) is 2.90. The van der Waals surface area contributed by atoms with Crippen molar-refractivity contribution in [1.29, 1.82) is 0 Å². The Labute approximate surface area is 155 Å². The highest BCUT2D eigenvalue weighted by atomic mass is 16.5. The number of carbonyl (C=O) groups is 1. The van der Waals surface area contributed by atoms with E-state index in [0.29, 0.717) is 6.42 Å². The summed E-state index contributed by atoms with van der Waals surface area (Å²) < 4.78 is 10.8. The van der Waals surface area contributed by atoms with E-state index < -0.39 is 0 Å². The Morgan fingerprint density at radius 2 is 1.73 bits per heavy atom. The minimum Gasteiger partial charge on any atom is -0.497 e. The first-order chi connectivity index (χ1) is 12.6. The molecule has 1 aliphatic heterocycles. The quantitative estimate of drug-likeness (QED) is 0.828. The summed E-state index contributed by atoms with van der Waals surface area (Å²) in [6, 6.07) is 13.9. The van der Waals surface area contributed by atoms with Gasteiger partial charge < -0.3 is 19.3 Å². The highest BCUT2D eigenvalue weighted by Gasteiger charge is 2.23. The van der Waals surface area contributed by atoms with Crippen molar-refractivity contribution < 1.29 is 14.3 Å². The number of hydrogen-bond acceptors (Lipinski definition) is 4. The number of methoxy groups -OCH3 is 2. The monoisotopic (exact) mass is 354 g/mol. The van der Waals surface area contributed by atoms with Crippen molar-refractivity contribution in [2.24, 2.45) is 0 Å². The Hall–Kier alpha value is -2.69. The van der Waals surface area contributed by atoms with Crippen molar-refractivity contribution in [2.75, 3.05) is 45.3 Å². The van der Waals surface area contributed by atoms with Crippen LogP contribution in [0.5, 0.6) is 11.5 Å². The van der Waals surface area contributed by atoms with Crippen LogP contribution in [0.25, 0.3) is 0 Å². The lowest BCUT2D eigenvalue weighted by Crippen LogP contribution is -2.49. The van der Waals surface area contributed by atoms with Gasteiger partial charge in [0.1, 0.15) is 11.5 Å². The summed E-state index contributed by atoms with van der Waals surface area (Å²) in [7, 11) is 3.31. The van der Waals surface area contributed by atoms with Crippen molar-refractivity contribution in [1.82, 2.24) is 4.90 Å². The Morgan fingerprint density at radius 1 is 1.00 bits per heavy atom. The first kappa shape index (κ1) is 18.1. The van der Waals surface area contributed by atoms with Gasteiger partial charge in [0.25, 0.3) is 0 Å². The lowest BCUT2D eigenvalue weighted by atomic mass is 10.1. The third-order valence-electron chi connectivity index (χ3n) is 4.96. The number of ether oxygens (including phenoxy) is 2. The molecule has 0 N–H and O–H groups in total. The molecule has 2 aromatic rings. The van der Waals surface area contributed by atoms with E-state index in [4.69, 9.17) is 9.47 Å². The number of nitrogens with zero attached hydrogens (tertiary/aromatic N) is 2. The van der Waals surface area contributed by atoms with Gasteiger partial charge in [-0.15, -0.1) is 0 Å². The smallest absolute Gasteiger partial charge is 0.227 e. The van der Waals surface area contributed by atoms with Crippen LogP contribution >= 0.6 is 0 Å². The van der Waals surface area contributed by atoms with Gasteiger partial charge in [-0.25, -0.2) is 0 Å². The lowest BCUT2D eigenvalue weighted by Gasteiger charge is -2.36. The molecule has 1 amide bonds. The minimum atomic E-state index is 0.195. The summed E-state index contributed by atoms with van der Waals surface area (Å²) in [5, 5.41) is 0. The van der Waals surface area contributed by atoms with Crippen LogP contribution in [0.1, 0.15) is 11.1 Å². The highest BCUT2D eigenvalue weighted by molar-refractivity contribution is 5.79. The molecule has 1 saturated heterocycles. The number of aryl methyl sites for hydroxylation is 1. The van der Waals surface area contributed by atoms with Gasteiger partial charge in [-0.1, -0.05) is 24.3 Å². The largest absolute Gasteiger partial charge is 0.497 e.